The van der Waals surface area contributed by atoms with E-state index < -0.39 is 5.97 Å². The number of carboxylic acid groups (broad SMARTS) is 1. The van der Waals surface area contributed by atoms with Crippen molar-refractivity contribution in [2.45, 2.75) is 6.61 Å². The Kier molecular flexibility index (Phi) is 4.32. The minimum absolute atomic E-state index is 0.0477. The van der Waals surface area contributed by atoms with E-state index in [0.29, 0.717) is 28.3 Å². The summed E-state index contributed by atoms with van der Waals surface area (Å²) >= 11 is 5.96. The standard InChI is InChI=1S/C14H10ClNO4/c15-11-6-9(7-17)4-5-13(11)20-8-10-2-1-3-12(16-10)14(18)19/h1-7H,8H2,(H,18,19). The lowest BCUT2D eigenvalue weighted by Gasteiger charge is -2.08. The molecule has 0 saturated heterocycles. The molecule has 1 aromatic heterocycles. The van der Waals surface area contributed by atoms with Gasteiger partial charge in [0, 0.05) is 5.56 Å². The van der Waals surface area contributed by atoms with Gasteiger partial charge in [-0.25, -0.2) is 9.78 Å². The lowest BCUT2D eigenvalue weighted by Crippen LogP contribution is -2.05. The monoisotopic (exact) mass is 291 g/mol. The summed E-state index contributed by atoms with van der Waals surface area (Å²) in [5.74, 6) is -0.694. The number of ether oxygens (including phenoxy) is 1. The van der Waals surface area contributed by atoms with Gasteiger partial charge in [0.1, 0.15) is 24.3 Å². The number of carbonyl (C=O) groups is 2. The van der Waals surface area contributed by atoms with Gasteiger partial charge >= 0.3 is 5.97 Å². The van der Waals surface area contributed by atoms with Crippen molar-refractivity contribution in [3.05, 3.63) is 58.4 Å². The number of rotatable bonds is 5. The van der Waals surface area contributed by atoms with Crippen molar-refractivity contribution in [1.82, 2.24) is 4.98 Å². The molecule has 0 spiro atoms. The highest BCUT2D eigenvalue weighted by atomic mass is 35.5. The fourth-order valence-corrected chi connectivity index (χ4v) is 1.78. The van der Waals surface area contributed by atoms with E-state index in [1.807, 2.05) is 0 Å². The molecule has 5 nitrogen and oxygen atoms in total. The van der Waals surface area contributed by atoms with Crippen LogP contribution in [0.15, 0.2) is 36.4 Å². The van der Waals surface area contributed by atoms with Crippen LogP contribution in [-0.2, 0) is 6.61 Å². The number of aldehydes is 1. The average Bonchev–Trinajstić information content (AvgIpc) is 2.46. The zero-order valence-electron chi connectivity index (χ0n) is 10.2. The van der Waals surface area contributed by atoms with Crippen LogP contribution in [0.1, 0.15) is 26.5 Å². The van der Waals surface area contributed by atoms with Crippen molar-refractivity contribution in [2.24, 2.45) is 0 Å². The van der Waals surface area contributed by atoms with E-state index in [-0.39, 0.29) is 12.3 Å². The Morgan fingerprint density at radius 1 is 1.35 bits per heavy atom. The van der Waals surface area contributed by atoms with E-state index in [4.69, 9.17) is 21.4 Å². The van der Waals surface area contributed by atoms with Crippen LogP contribution in [0.3, 0.4) is 0 Å². The van der Waals surface area contributed by atoms with Crippen LogP contribution >= 0.6 is 11.6 Å². The predicted octanol–water partition coefficient (Wildman–Crippen LogP) is 2.82. The molecule has 20 heavy (non-hydrogen) atoms. The molecule has 2 aromatic rings. The van der Waals surface area contributed by atoms with Gasteiger partial charge < -0.3 is 9.84 Å². The summed E-state index contributed by atoms with van der Waals surface area (Å²) in [5.41, 5.74) is 0.877. The maximum Gasteiger partial charge on any atom is 0.354 e. The molecule has 0 saturated carbocycles. The van der Waals surface area contributed by atoms with Crippen molar-refractivity contribution in [2.75, 3.05) is 0 Å². The number of benzene rings is 1. The average molecular weight is 292 g/mol. The smallest absolute Gasteiger partial charge is 0.354 e. The zero-order valence-corrected chi connectivity index (χ0v) is 11.0. The molecule has 0 aliphatic rings. The molecule has 0 bridgehead atoms. The summed E-state index contributed by atoms with van der Waals surface area (Å²) in [6, 6.07) is 9.29. The van der Waals surface area contributed by atoms with Gasteiger partial charge in [-0.05, 0) is 30.3 Å². The summed E-state index contributed by atoms with van der Waals surface area (Å²) in [4.78, 5) is 25.3. The van der Waals surface area contributed by atoms with Crippen molar-refractivity contribution < 1.29 is 19.4 Å². The topological polar surface area (TPSA) is 76.5 Å². The van der Waals surface area contributed by atoms with Crippen LogP contribution in [0, 0.1) is 0 Å². The number of hydrogen-bond acceptors (Lipinski definition) is 4. The molecule has 1 heterocycles. The Balaban J connectivity index is 2.10. The van der Waals surface area contributed by atoms with E-state index in [1.165, 1.54) is 12.1 Å². The van der Waals surface area contributed by atoms with E-state index >= 15 is 0 Å². The third-order valence-electron chi connectivity index (χ3n) is 2.49. The molecule has 2 rings (SSSR count). The van der Waals surface area contributed by atoms with Gasteiger partial charge in [-0.2, -0.15) is 0 Å². The summed E-state index contributed by atoms with van der Waals surface area (Å²) < 4.78 is 5.45. The number of nitrogens with zero attached hydrogens (tertiary/aromatic N) is 1. The lowest BCUT2D eigenvalue weighted by molar-refractivity contribution is 0.0689. The number of aromatic carboxylic acids is 1. The van der Waals surface area contributed by atoms with Crippen LogP contribution in [0.5, 0.6) is 5.75 Å². The summed E-state index contributed by atoms with van der Waals surface area (Å²) in [6.07, 6.45) is 0.688. The molecular weight excluding hydrogens is 282 g/mol. The second-order valence-electron chi connectivity index (χ2n) is 3.92. The van der Waals surface area contributed by atoms with Crippen molar-refractivity contribution in [1.29, 1.82) is 0 Å². The molecule has 0 fully saturated rings. The van der Waals surface area contributed by atoms with Gasteiger partial charge in [-0.1, -0.05) is 17.7 Å². The quantitative estimate of drug-likeness (QED) is 0.857. The van der Waals surface area contributed by atoms with Gasteiger partial charge in [0.25, 0.3) is 0 Å². The Labute approximate surface area is 119 Å². The fourth-order valence-electron chi connectivity index (χ4n) is 1.54. The normalized spacial score (nSPS) is 10.1. The third kappa shape index (κ3) is 3.33. The molecule has 6 heteroatoms. The summed E-state index contributed by atoms with van der Waals surface area (Å²) in [5, 5.41) is 9.15. The minimum Gasteiger partial charge on any atom is -0.486 e. The highest BCUT2D eigenvalue weighted by Gasteiger charge is 2.07. The van der Waals surface area contributed by atoms with E-state index in [2.05, 4.69) is 4.98 Å². The predicted molar refractivity (Wildman–Crippen MR) is 72.4 cm³/mol. The van der Waals surface area contributed by atoms with Gasteiger partial charge in [0.15, 0.2) is 0 Å². The SMILES string of the molecule is O=Cc1ccc(OCc2cccc(C(=O)O)n2)c(Cl)c1. The van der Waals surface area contributed by atoms with Crippen molar-refractivity contribution in [3.8, 4) is 5.75 Å². The Morgan fingerprint density at radius 3 is 2.80 bits per heavy atom. The first kappa shape index (κ1) is 14.0. The van der Waals surface area contributed by atoms with E-state index in [1.54, 1.807) is 24.3 Å². The summed E-state index contributed by atoms with van der Waals surface area (Å²) in [6.45, 7) is 0.0846. The second-order valence-corrected chi connectivity index (χ2v) is 4.32. The Bertz CT molecular complexity index is 657. The van der Waals surface area contributed by atoms with Crippen LogP contribution in [0.25, 0.3) is 0 Å². The minimum atomic E-state index is -1.10. The number of hydrogen-bond donors (Lipinski definition) is 1. The van der Waals surface area contributed by atoms with E-state index in [9.17, 15) is 9.59 Å². The Morgan fingerprint density at radius 2 is 2.15 bits per heavy atom. The molecule has 1 aromatic carbocycles. The maximum atomic E-state index is 10.8. The molecular formula is C14H10ClNO4. The second kappa shape index (κ2) is 6.16. The van der Waals surface area contributed by atoms with Gasteiger partial charge in [-0.3, -0.25) is 4.79 Å². The van der Waals surface area contributed by atoms with Crippen molar-refractivity contribution >= 4 is 23.9 Å². The van der Waals surface area contributed by atoms with Gasteiger partial charge in [0.05, 0.1) is 10.7 Å². The van der Waals surface area contributed by atoms with Crippen LogP contribution in [-0.4, -0.2) is 22.3 Å². The van der Waals surface area contributed by atoms with Crippen LogP contribution in [0.2, 0.25) is 5.02 Å². The number of carboxylic acids is 1. The number of pyridine rings is 1. The molecule has 0 aliphatic heterocycles. The maximum absolute atomic E-state index is 10.8. The zero-order chi connectivity index (χ0) is 14.5. The first-order chi connectivity index (χ1) is 9.60. The molecule has 0 unspecified atom stereocenters. The van der Waals surface area contributed by atoms with Gasteiger partial charge in [0.2, 0.25) is 0 Å². The van der Waals surface area contributed by atoms with E-state index in [0.717, 1.165) is 0 Å². The lowest BCUT2D eigenvalue weighted by atomic mass is 10.2. The number of halogens is 1. The van der Waals surface area contributed by atoms with Gasteiger partial charge in [-0.15, -0.1) is 0 Å². The number of carbonyl (C=O) groups excluding carboxylic acids is 1. The molecule has 0 amide bonds. The van der Waals surface area contributed by atoms with Crippen molar-refractivity contribution in [3.63, 3.8) is 0 Å². The number of aromatic nitrogens is 1. The first-order valence-corrected chi connectivity index (χ1v) is 6.04. The molecule has 0 atom stereocenters. The molecule has 102 valence electrons. The largest absolute Gasteiger partial charge is 0.486 e. The van der Waals surface area contributed by atoms with Crippen LogP contribution in [0.4, 0.5) is 0 Å². The Hall–Kier alpha value is -2.40. The highest BCUT2D eigenvalue weighted by Crippen LogP contribution is 2.25. The fraction of sp³-hybridized carbons (Fsp3) is 0.0714. The first-order valence-electron chi connectivity index (χ1n) is 5.67. The highest BCUT2D eigenvalue weighted by molar-refractivity contribution is 6.32. The molecule has 0 radical (unpaired) electrons. The summed E-state index contributed by atoms with van der Waals surface area (Å²) in [7, 11) is 0. The molecule has 0 aliphatic carbocycles. The third-order valence-corrected chi connectivity index (χ3v) is 2.79. The van der Waals surface area contributed by atoms with Crippen LogP contribution < -0.4 is 4.74 Å². The molecule has 1 N–H and O–H groups in total.